The van der Waals surface area contributed by atoms with E-state index in [2.05, 4.69) is 55.6 Å². The molecule has 3 rings (SSSR count). The summed E-state index contributed by atoms with van der Waals surface area (Å²) in [6, 6.07) is 16.1. The molecule has 1 aliphatic rings. The van der Waals surface area contributed by atoms with E-state index in [0.29, 0.717) is 12.1 Å². The van der Waals surface area contributed by atoms with Gasteiger partial charge in [-0.05, 0) is 60.6 Å². The van der Waals surface area contributed by atoms with Crippen molar-refractivity contribution >= 4 is 11.6 Å². The molecule has 2 aromatic carbocycles. The van der Waals surface area contributed by atoms with Crippen molar-refractivity contribution in [3.05, 3.63) is 69.7 Å². The van der Waals surface area contributed by atoms with Crippen LogP contribution < -0.4 is 5.32 Å². The lowest BCUT2D eigenvalue weighted by atomic mass is 10.0. The number of hydrogen-bond acceptors (Lipinski definition) is 1. The number of hydrogen-bond donors (Lipinski definition) is 1. The second-order valence-electron chi connectivity index (χ2n) is 6.00. The highest BCUT2D eigenvalue weighted by molar-refractivity contribution is 6.30. The summed E-state index contributed by atoms with van der Waals surface area (Å²) in [5.41, 5.74) is 5.59. The third-order valence-electron chi connectivity index (χ3n) is 4.47. The molecule has 0 saturated heterocycles. The highest BCUT2D eigenvalue weighted by atomic mass is 35.5. The SMILES string of the molecule is CCc1ccc(C(C)NC2Cc3ccc(Cl)cc3C2)cc1. The molecule has 21 heavy (non-hydrogen) atoms. The van der Waals surface area contributed by atoms with E-state index < -0.39 is 0 Å². The molecule has 0 aromatic heterocycles. The van der Waals surface area contributed by atoms with Crippen LogP contribution in [0.5, 0.6) is 0 Å². The predicted octanol–water partition coefficient (Wildman–Crippen LogP) is 4.72. The lowest BCUT2D eigenvalue weighted by Crippen LogP contribution is -2.32. The molecular formula is C19H22ClN. The maximum absolute atomic E-state index is 6.08. The smallest absolute Gasteiger partial charge is 0.0408 e. The molecule has 2 unspecified atom stereocenters. The zero-order valence-corrected chi connectivity index (χ0v) is 13.5. The summed E-state index contributed by atoms with van der Waals surface area (Å²) >= 11 is 6.08. The minimum atomic E-state index is 0.380. The van der Waals surface area contributed by atoms with E-state index in [0.717, 1.165) is 24.3 Å². The van der Waals surface area contributed by atoms with Crippen LogP contribution in [-0.2, 0) is 19.3 Å². The summed E-state index contributed by atoms with van der Waals surface area (Å²) in [5.74, 6) is 0. The van der Waals surface area contributed by atoms with Crippen LogP contribution in [-0.4, -0.2) is 6.04 Å². The molecule has 2 heteroatoms. The number of aryl methyl sites for hydroxylation is 1. The Hall–Kier alpha value is -1.31. The van der Waals surface area contributed by atoms with Crippen molar-refractivity contribution in [2.45, 2.75) is 45.2 Å². The van der Waals surface area contributed by atoms with E-state index in [4.69, 9.17) is 11.6 Å². The summed E-state index contributed by atoms with van der Waals surface area (Å²) < 4.78 is 0. The second-order valence-corrected chi connectivity index (χ2v) is 6.44. The fraction of sp³-hybridized carbons (Fsp3) is 0.368. The molecule has 1 nitrogen and oxygen atoms in total. The van der Waals surface area contributed by atoms with Crippen LogP contribution >= 0.6 is 11.6 Å². The molecule has 0 saturated carbocycles. The van der Waals surface area contributed by atoms with Crippen LogP contribution in [0.25, 0.3) is 0 Å². The first kappa shape index (κ1) is 14.6. The van der Waals surface area contributed by atoms with Gasteiger partial charge >= 0.3 is 0 Å². The van der Waals surface area contributed by atoms with Crippen molar-refractivity contribution in [2.24, 2.45) is 0 Å². The van der Waals surface area contributed by atoms with Gasteiger partial charge in [0.2, 0.25) is 0 Å². The molecule has 0 heterocycles. The molecule has 1 aliphatic carbocycles. The van der Waals surface area contributed by atoms with Gasteiger partial charge in [-0.3, -0.25) is 0 Å². The van der Waals surface area contributed by atoms with E-state index in [1.807, 2.05) is 6.07 Å². The van der Waals surface area contributed by atoms with Gasteiger partial charge in [-0.15, -0.1) is 0 Å². The quantitative estimate of drug-likeness (QED) is 0.861. The van der Waals surface area contributed by atoms with E-state index >= 15 is 0 Å². The Morgan fingerprint density at radius 3 is 2.52 bits per heavy atom. The first-order valence-corrected chi connectivity index (χ1v) is 8.15. The Labute approximate surface area is 132 Å². The van der Waals surface area contributed by atoms with Crippen molar-refractivity contribution in [3.63, 3.8) is 0 Å². The normalized spacial score (nSPS) is 18.5. The minimum absolute atomic E-state index is 0.380. The van der Waals surface area contributed by atoms with Crippen LogP contribution in [0, 0.1) is 0 Å². The molecule has 0 bridgehead atoms. The Morgan fingerprint density at radius 2 is 1.81 bits per heavy atom. The number of rotatable bonds is 4. The van der Waals surface area contributed by atoms with Gasteiger partial charge in [0, 0.05) is 17.1 Å². The molecular weight excluding hydrogens is 278 g/mol. The van der Waals surface area contributed by atoms with Crippen molar-refractivity contribution in [3.8, 4) is 0 Å². The highest BCUT2D eigenvalue weighted by Gasteiger charge is 2.23. The predicted molar refractivity (Wildman–Crippen MR) is 90.0 cm³/mol. The largest absolute Gasteiger partial charge is 0.307 e. The zero-order valence-electron chi connectivity index (χ0n) is 12.7. The van der Waals surface area contributed by atoms with Crippen LogP contribution in [0.1, 0.15) is 42.1 Å². The summed E-state index contributed by atoms with van der Waals surface area (Å²) in [7, 11) is 0. The second kappa shape index (κ2) is 6.21. The molecule has 110 valence electrons. The van der Waals surface area contributed by atoms with Gasteiger partial charge in [0.25, 0.3) is 0 Å². The maximum Gasteiger partial charge on any atom is 0.0408 e. The number of nitrogens with one attached hydrogen (secondary N) is 1. The van der Waals surface area contributed by atoms with Gasteiger partial charge in [0.1, 0.15) is 0 Å². The van der Waals surface area contributed by atoms with Crippen molar-refractivity contribution in [1.82, 2.24) is 5.32 Å². The lowest BCUT2D eigenvalue weighted by Gasteiger charge is -2.20. The monoisotopic (exact) mass is 299 g/mol. The van der Waals surface area contributed by atoms with Crippen molar-refractivity contribution < 1.29 is 0 Å². The van der Waals surface area contributed by atoms with Gasteiger partial charge in [-0.2, -0.15) is 0 Å². The van der Waals surface area contributed by atoms with Crippen molar-refractivity contribution in [1.29, 1.82) is 0 Å². The van der Waals surface area contributed by atoms with Gasteiger partial charge in [0.05, 0.1) is 0 Å². The molecule has 1 N–H and O–H groups in total. The Balaban J connectivity index is 1.65. The third-order valence-corrected chi connectivity index (χ3v) is 4.71. The van der Waals surface area contributed by atoms with E-state index in [1.165, 1.54) is 22.3 Å². The first-order chi connectivity index (χ1) is 10.2. The minimum Gasteiger partial charge on any atom is -0.307 e. The molecule has 0 spiro atoms. The Kier molecular flexibility index (Phi) is 4.32. The van der Waals surface area contributed by atoms with E-state index in [9.17, 15) is 0 Å². The van der Waals surface area contributed by atoms with Crippen LogP contribution in [0.4, 0.5) is 0 Å². The molecule has 2 aromatic rings. The van der Waals surface area contributed by atoms with Gasteiger partial charge < -0.3 is 5.32 Å². The first-order valence-electron chi connectivity index (χ1n) is 7.78. The van der Waals surface area contributed by atoms with Gasteiger partial charge in [0.15, 0.2) is 0 Å². The Morgan fingerprint density at radius 1 is 1.10 bits per heavy atom. The number of benzene rings is 2. The summed E-state index contributed by atoms with van der Waals surface area (Å²) in [4.78, 5) is 0. The maximum atomic E-state index is 6.08. The van der Waals surface area contributed by atoms with Crippen molar-refractivity contribution in [2.75, 3.05) is 0 Å². The lowest BCUT2D eigenvalue weighted by molar-refractivity contribution is 0.467. The molecule has 0 fully saturated rings. The molecule has 0 radical (unpaired) electrons. The fourth-order valence-electron chi connectivity index (χ4n) is 3.20. The van der Waals surface area contributed by atoms with Crippen LogP contribution in [0.2, 0.25) is 5.02 Å². The van der Waals surface area contributed by atoms with E-state index in [1.54, 1.807) is 0 Å². The zero-order chi connectivity index (χ0) is 14.8. The molecule has 2 atom stereocenters. The highest BCUT2D eigenvalue weighted by Crippen LogP contribution is 2.27. The average Bonchev–Trinajstić information content (AvgIpc) is 2.88. The summed E-state index contributed by atoms with van der Waals surface area (Å²) in [6.07, 6.45) is 3.28. The van der Waals surface area contributed by atoms with Crippen LogP contribution in [0.15, 0.2) is 42.5 Å². The summed E-state index contributed by atoms with van der Waals surface area (Å²) in [6.45, 7) is 4.44. The average molecular weight is 300 g/mol. The topological polar surface area (TPSA) is 12.0 Å². The molecule has 0 amide bonds. The Bertz CT molecular complexity index is 618. The number of fused-ring (bicyclic) bond motifs is 1. The fourth-order valence-corrected chi connectivity index (χ4v) is 3.39. The van der Waals surface area contributed by atoms with Gasteiger partial charge in [-0.25, -0.2) is 0 Å². The molecule has 0 aliphatic heterocycles. The van der Waals surface area contributed by atoms with Crippen LogP contribution in [0.3, 0.4) is 0 Å². The van der Waals surface area contributed by atoms with E-state index in [-0.39, 0.29) is 0 Å². The summed E-state index contributed by atoms with van der Waals surface area (Å²) in [5, 5.41) is 4.60. The standard InChI is InChI=1S/C19H22ClN/c1-3-14-4-6-15(7-5-14)13(2)21-19-11-16-8-9-18(20)10-17(16)12-19/h4-10,13,19,21H,3,11-12H2,1-2H3. The van der Waals surface area contributed by atoms with Gasteiger partial charge in [-0.1, -0.05) is 48.9 Å². The third kappa shape index (κ3) is 3.30. The number of halogens is 1.